The van der Waals surface area contributed by atoms with Gasteiger partial charge in [0, 0.05) is 6.42 Å². The number of hydrogen-bond acceptors (Lipinski definition) is 10. The largest absolute Gasteiger partial charge is 0.454 e. The zero-order valence-corrected chi connectivity index (χ0v) is 45.3. The number of unbranched alkanes of at least 4 members (excludes halogenated alkanes) is 28. The minimum atomic E-state index is -1.62. The molecule has 8 atom stereocenters. The SMILES string of the molecule is CC/C=C/C=C/C=C\CCCCCCCC(=O)OC1C(OCC(NC(=O)C(O)CCCCCCCC/C=C/CCCCCCCC)C(O)/C=C/CCCCCCCCCCCCC)OC(CO)C(O)C1O. The molecule has 0 aliphatic carbocycles. The van der Waals surface area contributed by atoms with Crippen molar-refractivity contribution in [2.45, 2.75) is 294 Å². The van der Waals surface area contributed by atoms with E-state index >= 15 is 0 Å². The standard InChI is InChI=1S/C60H107NO10/c1-4-7-10-13-16-19-22-25-26-27-30-32-35-38-41-44-47-53(64)59(68)61-51(52(63)46-43-40-37-34-31-28-23-20-17-14-11-8-5-2)50-69-60-58(57(67)56(66)54(49-62)70-60)71-55(65)48-45-42-39-36-33-29-24-21-18-15-12-9-6-3/h9,12,15,18,21,24-26,43,46,51-54,56-58,60,62-64,66-67H,4-8,10-11,13-14,16-17,19-20,22-23,27-42,44-45,47-50H2,1-3H3,(H,61,68)/b12-9+,18-15+,24-21-,26-25+,46-43+. The van der Waals surface area contributed by atoms with Crippen molar-refractivity contribution in [3.05, 3.63) is 60.8 Å². The summed E-state index contributed by atoms with van der Waals surface area (Å²) in [5.74, 6) is -1.22. The third-order valence-electron chi connectivity index (χ3n) is 13.5. The van der Waals surface area contributed by atoms with Crippen molar-refractivity contribution in [2.75, 3.05) is 13.2 Å². The summed E-state index contributed by atoms with van der Waals surface area (Å²) in [6, 6.07) is -1.03. The molecule has 1 saturated heterocycles. The van der Waals surface area contributed by atoms with Gasteiger partial charge in [0.25, 0.3) is 0 Å². The summed E-state index contributed by atoms with van der Waals surface area (Å²) in [4.78, 5) is 26.4. The van der Waals surface area contributed by atoms with E-state index in [1.807, 2.05) is 24.3 Å². The molecular weight excluding hydrogens is 895 g/mol. The van der Waals surface area contributed by atoms with Crippen molar-refractivity contribution >= 4 is 11.9 Å². The number of ether oxygens (including phenoxy) is 3. The number of aliphatic hydroxyl groups is 5. The lowest BCUT2D eigenvalue weighted by Gasteiger charge is -2.41. The molecule has 412 valence electrons. The van der Waals surface area contributed by atoms with Crippen LogP contribution in [0.4, 0.5) is 0 Å². The Labute approximate surface area is 433 Å². The molecule has 6 N–H and O–H groups in total. The first-order valence-electron chi connectivity index (χ1n) is 29.1. The molecule has 1 aliphatic rings. The highest BCUT2D eigenvalue weighted by atomic mass is 16.7. The zero-order chi connectivity index (χ0) is 51.8. The van der Waals surface area contributed by atoms with Gasteiger partial charge in [0.2, 0.25) is 5.91 Å². The maximum atomic E-state index is 13.4. The molecular formula is C60H107NO10. The van der Waals surface area contributed by atoms with E-state index in [0.717, 1.165) is 89.9 Å². The van der Waals surface area contributed by atoms with E-state index < -0.39 is 67.4 Å². The van der Waals surface area contributed by atoms with Gasteiger partial charge in [0.05, 0.1) is 25.4 Å². The van der Waals surface area contributed by atoms with Crippen molar-refractivity contribution in [3.63, 3.8) is 0 Å². The molecule has 1 amide bonds. The lowest BCUT2D eigenvalue weighted by atomic mass is 9.99. The Kier molecular flexibility index (Phi) is 45.2. The van der Waals surface area contributed by atoms with E-state index in [1.54, 1.807) is 6.08 Å². The van der Waals surface area contributed by atoms with Crippen LogP contribution in [0.1, 0.15) is 245 Å². The number of esters is 1. The minimum Gasteiger partial charge on any atom is -0.454 e. The van der Waals surface area contributed by atoms with Crippen molar-refractivity contribution in [3.8, 4) is 0 Å². The Morgan fingerprint density at radius 2 is 1.03 bits per heavy atom. The Bertz CT molecular complexity index is 1380. The monoisotopic (exact) mass is 1000 g/mol. The van der Waals surface area contributed by atoms with E-state index in [2.05, 4.69) is 56.5 Å². The van der Waals surface area contributed by atoms with Crippen molar-refractivity contribution < 1.29 is 49.3 Å². The van der Waals surface area contributed by atoms with E-state index in [9.17, 15) is 35.1 Å². The van der Waals surface area contributed by atoms with Gasteiger partial charge in [-0.3, -0.25) is 9.59 Å². The summed E-state index contributed by atoms with van der Waals surface area (Å²) >= 11 is 0. The highest BCUT2D eigenvalue weighted by molar-refractivity contribution is 5.80. The number of rotatable bonds is 48. The average molecular weight is 1000 g/mol. The Hall–Kier alpha value is -2.64. The Morgan fingerprint density at radius 1 is 0.563 bits per heavy atom. The fourth-order valence-corrected chi connectivity index (χ4v) is 8.82. The second kappa shape index (κ2) is 48.3. The number of carbonyl (C=O) groups is 2. The normalized spacial score (nSPS) is 20.0. The van der Waals surface area contributed by atoms with Gasteiger partial charge in [-0.25, -0.2) is 0 Å². The van der Waals surface area contributed by atoms with Crippen molar-refractivity contribution in [1.82, 2.24) is 5.32 Å². The summed E-state index contributed by atoms with van der Waals surface area (Å²) in [6.45, 7) is 5.63. The summed E-state index contributed by atoms with van der Waals surface area (Å²) in [5, 5.41) is 56.8. The number of aliphatic hydroxyl groups excluding tert-OH is 5. The van der Waals surface area contributed by atoms with Gasteiger partial charge in [-0.2, -0.15) is 0 Å². The number of allylic oxidation sites excluding steroid dienone is 9. The van der Waals surface area contributed by atoms with Crippen molar-refractivity contribution in [1.29, 1.82) is 0 Å². The predicted molar refractivity (Wildman–Crippen MR) is 292 cm³/mol. The maximum Gasteiger partial charge on any atom is 0.306 e. The lowest BCUT2D eigenvalue weighted by Crippen LogP contribution is -2.61. The van der Waals surface area contributed by atoms with Gasteiger partial charge in [-0.05, 0) is 70.6 Å². The summed E-state index contributed by atoms with van der Waals surface area (Å²) in [5.41, 5.74) is 0. The fourth-order valence-electron chi connectivity index (χ4n) is 8.82. The van der Waals surface area contributed by atoms with Crippen LogP contribution in [0.2, 0.25) is 0 Å². The Balaban J connectivity index is 2.75. The molecule has 1 fully saturated rings. The molecule has 71 heavy (non-hydrogen) atoms. The average Bonchev–Trinajstić information content (AvgIpc) is 3.37. The fraction of sp³-hybridized carbons (Fsp3) is 0.800. The molecule has 11 nitrogen and oxygen atoms in total. The highest BCUT2D eigenvalue weighted by Crippen LogP contribution is 2.26. The number of nitrogens with one attached hydrogen (secondary N) is 1. The maximum absolute atomic E-state index is 13.4. The lowest BCUT2D eigenvalue weighted by molar-refractivity contribution is -0.305. The number of carbonyl (C=O) groups excluding carboxylic acids is 2. The quantitative estimate of drug-likeness (QED) is 0.0149. The molecule has 1 heterocycles. The van der Waals surface area contributed by atoms with Crippen LogP contribution in [-0.4, -0.2) is 99.6 Å². The minimum absolute atomic E-state index is 0.0989. The first-order valence-corrected chi connectivity index (χ1v) is 29.1. The summed E-state index contributed by atoms with van der Waals surface area (Å²) in [7, 11) is 0. The van der Waals surface area contributed by atoms with Crippen LogP contribution < -0.4 is 5.32 Å². The second-order valence-corrected chi connectivity index (χ2v) is 20.1. The molecule has 0 spiro atoms. The van der Waals surface area contributed by atoms with Crippen LogP contribution in [0.15, 0.2) is 60.8 Å². The Morgan fingerprint density at radius 3 is 1.55 bits per heavy atom. The molecule has 0 aromatic heterocycles. The molecule has 0 aromatic carbocycles. The van der Waals surface area contributed by atoms with Gasteiger partial charge in [-0.1, -0.05) is 229 Å². The van der Waals surface area contributed by atoms with Crippen LogP contribution in [0.3, 0.4) is 0 Å². The third-order valence-corrected chi connectivity index (χ3v) is 13.5. The van der Waals surface area contributed by atoms with E-state index in [1.165, 1.54) is 109 Å². The summed E-state index contributed by atoms with van der Waals surface area (Å²) < 4.78 is 17.5. The molecule has 1 rings (SSSR count). The zero-order valence-electron chi connectivity index (χ0n) is 45.3. The van der Waals surface area contributed by atoms with Crippen LogP contribution in [0.5, 0.6) is 0 Å². The van der Waals surface area contributed by atoms with Gasteiger partial charge >= 0.3 is 5.97 Å². The molecule has 11 heteroatoms. The predicted octanol–water partition coefficient (Wildman–Crippen LogP) is 13.1. The van der Waals surface area contributed by atoms with E-state index in [0.29, 0.717) is 12.8 Å². The van der Waals surface area contributed by atoms with Crippen molar-refractivity contribution in [2.24, 2.45) is 0 Å². The van der Waals surface area contributed by atoms with E-state index in [4.69, 9.17) is 14.2 Å². The van der Waals surface area contributed by atoms with Crippen LogP contribution in [0.25, 0.3) is 0 Å². The number of amides is 1. The molecule has 0 saturated carbocycles. The third kappa shape index (κ3) is 36.9. The smallest absolute Gasteiger partial charge is 0.306 e. The van der Waals surface area contributed by atoms with E-state index in [-0.39, 0.29) is 19.4 Å². The first kappa shape index (κ1) is 66.4. The molecule has 1 aliphatic heterocycles. The molecule has 0 aromatic rings. The first-order chi connectivity index (χ1) is 34.7. The summed E-state index contributed by atoms with van der Waals surface area (Å²) in [6.07, 6.45) is 48.3. The van der Waals surface area contributed by atoms with Crippen LogP contribution in [-0.2, 0) is 23.8 Å². The van der Waals surface area contributed by atoms with Gasteiger partial charge in [0.15, 0.2) is 12.4 Å². The van der Waals surface area contributed by atoms with Gasteiger partial charge < -0.3 is 45.1 Å². The molecule has 8 unspecified atom stereocenters. The highest BCUT2D eigenvalue weighted by Gasteiger charge is 2.47. The second-order valence-electron chi connectivity index (χ2n) is 20.1. The number of hydrogen-bond donors (Lipinski definition) is 6. The topological polar surface area (TPSA) is 175 Å². The van der Waals surface area contributed by atoms with Gasteiger partial charge in [-0.15, -0.1) is 0 Å². The van der Waals surface area contributed by atoms with Crippen LogP contribution >= 0.6 is 0 Å². The van der Waals surface area contributed by atoms with Gasteiger partial charge in [0.1, 0.15) is 24.4 Å². The molecule has 0 radical (unpaired) electrons. The molecule has 0 bridgehead atoms. The van der Waals surface area contributed by atoms with Crippen LogP contribution in [0, 0.1) is 0 Å².